The number of hydrogen-bond acceptors (Lipinski definition) is 10. The monoisotopic (exact) mass is 704 g/mol. The zero-order valence-electron chi connectivity index (χ0n) is 29.8. The van der Waals surface area contributed by atoms with Crippen LogP contribution in [-0.2, 0) is 17.5 Å². The fourth-order valence-corrected chi connectivity index (χ4v) is 5.93. The summed E-state index contributed by atoms with van der Waals surface area (Å²) in [5.41, 5.74) is 20.5. The molecule has 4 aromatic rings. The average molecular weight is 705 g/mol. The van der Waals surface area contributed by atoms with E-state index in [0.29, 0.717) is 72.4 Å². The number of fused-ring (bicyclic) bond motifs is 1. The molecule has 4 rings (SSSR count). The van der Waals surface area contributed by atoms with Gasteiger partial charge in [0.25, 0.3) is 5.91 Å². The van der Waals surface area contributed by atoms with Gasteiger partial charge in [0.1, 0.15) is 22.6 Å². The number of nitrogens with one attached hydrogen (secondary N) is 2. The molecule has 0 atom stereocenters. The summed E-state index contributed by atoms with van der Waals surface area (Å²) >= 11 is 0. The predicted octanol–water partition coefficient (Wildman–Crippen LogP) is 4.45. The second kappa shape index (κ2) is 15.5. The van der Waals surface area contributed by atoms with Crippen molar-refractivity contribution in [2.75, 3.05) is 36.1 Å². The molecule has 1 aromatic carbocycles. The molecule has 0 saturated carbocycles. The lowest BCUT2D eigenvalue weighted by Crippen LogP contribution is -2.41. The summed E-state index contributed by atoms with van der Waals surface area (Å²) in [5, 5.41) is 10.6. The Hall–Kier alpha value is -5.22. The molecule has 3 heterocycles. The maximum absolute atomic E-state index is 13.3. The summed E-state index contributed by atoms with van der Waals surface area (Å²) < 4.78 is 15.6. The molecule has 50 heavy (non-hydrogen) atoms. The molecular formula is C34H48N10O5Si. The molecule has 0 spiro atoms. The molecule has 0 aliphatic carbocycles. The van der Waals surface area contributed by atoms with Crippen LogP contribution in [0.25, 0.3) is 11.2 Å². The van der Waals surface area contributed by atoms with Crippen LogP contribution in [0.3, 0.4) is 0 Å². The predicted molar refractivity (Wildman–Crippen MR) is 197 cm³/mol. The van der Waals surface area contributed by atoms with E-state index >= 15 is 0 Å². The zero-order chi connectivity index (χ0) is 36.8. The number of amides is 3. The number of nitrogen functional groups attached to an aromatic ring is 1. The highest BCUT2D eigenvalue weighted by Gasteiger charge is 2.36. The maximum atomic E-state index is 13.3. The Morgan fingerprint density at radius 3 is 2.40 bits per heavy atom. The molecule has 0 aliphatic rings. The van der Waals surface area contributed by atoms with E-state index in [0.717, 1.165) is 0 Å². The number of hydrogen-bond donors (Lipinski definition) is 5. The van der Waals surface area contributed by atoms with E-state index in [1.165, 1.54) is 18.3 Å². The Bertz CT molecular complexity index is 1910. The second-order valence-electron chi connectivity index (χ2n) is 13.4. The van der Waals surface area contributed by atoms with Gasteiger partial charge in [0.2, 0.25) is 17.8 Å². The Balaban J connectivity index is 1.49. The summed E-state index contributed by atoms with van der Waals surface area (Å²) in [6.45, 7) is 16.7. The Labute approximate surface area is 292 Å². The fraction of sp³-hybridized carbons (Fsp3) is 0.412. The lowest BCUT2D eigenvalue weighted by Gasteiger charge is -2.36. The van der Waals surface area contributed by atoms with Gasteiger partial charge < -0.3 is 31.7 Å². The van der Waals surface area contributed by atoms with Gasteiger partial charge in [0.15, 0.2) is 14.0 Å². The van der Waals surface area contributed by atoms with Crippen molar-refractivity contribution in [1.29, 1.82) is 0 Å². The van der Waals surface area contributed by atoms with Crippen molar-refractivity contribution in [1.82, 2.24) is 24.3 Å². The van der Waals surface area contributed by atoms with Crippen molar-refractivity contribution in [3.63, 3.8) is 0 Å². The quantitative estimate of drug-likeness (QED) is 0.0477. The number of carbonyl (C=O) groups excluding carboxylic acids is 3. The molecule has 8 N–H and O–H groups in total. The molecule has 3 amide bonds. The molecule has 268 valence electrons. The van der Waals surface area contributed by atoms with Crippen LogP contribution in [0.15, 0.2) is 42.6 Å². The van der Waals surface area contributed by atoms with E-state index in [1.54, 1.807) is 21.4 Å². The van der Waals surface area contributed by atoms with E-state index in [1.807, 2.05) is 26.0 Å². The van der Waals surface area contributed by atoms with Gasteiger partial charge in [-0.15, -0.1) is 0 Å². The Morgan fingerprint density at radius 2 is 1.74 bits per heavy atom. The number of aryl methyl sites for hydroxylation is 2. The first kappa shape index (κ1) is 37.6. The number of nitrogens with zero attached hydrogens (tertiary/aromatic N) is 5. The lowest BCUT2D eigenvalue weighted by atomic mass is 10.1. The molecule has 0 aliphatic heterocycles. The summed E-state index contributed by atoms with van der Waals surface area (Å²) in [7, 11) is -1.89. The SMILES string of the molecule is CCn1nc(C)cc1C(=O)Nc1nc2cc(C(N)=O)cnc2n1CC=CCNc1c(N)cc(C(N)=O)cc1OCCCO[Si](C)(C)C(C)(C)C. The maximum Gasteiger partial charge on any atom is 0.276 e. The first-order chi connectivity index (χ1) is 23.5. The van der Waals surface area contributed by atoms with Crippen LogP contribution >= 0.6 is 0 Å². The Kier molecular flexibility index (Phi) is 11.7. The number of benzene rings is 1. The van der Waals surface area contributed by atoms with Crippen molar-refractivity contribution in [3.05, 3.63) is 65.1 Å². The summed E-state index contributed by atoms with van der Waals surface area (Å²) in [4.78, 5) is 46.0. The zero-order valence-corrected chi connectivity index (χ0v) is 30.8. The molecular weight excluding hydrogens is 657 g/mol. The van der Waals surface area contributed by atoms with Gasteiger partial charge in [-0.3, -0.25) is 28.9 Å². The number of primary amides is 2. The van der Waals surface area contributed by atoms with Crippen molar-refractivity contribution in [2.45, 2.75) is 72.3 Å². The molecule has 15 nitrogen and oxygen atoms in total. The van der Waals surface area contributed by atoms with Crippen LogP contribution in [0, 0.1) is 6.92 Å². The van der Waals surface area contributed by atoms with Crippen LogP contribution in [0.2, 0.25) is 18.1 Å². The molecule has 0 unspecified atom stereocenters. The second-order valence-corrected chi connectivity index (χ2v) is 18.2. The van der Waals surface area contributed by atoms with Crippen LogP contribution in [0.5, 0.6) is 5.75 Å². The minimum Gasteiger partial charge on any atom is -0.491 e. The van der Waals surface area contributed by atoms with E-state index in [2.05, 4.69) is 59.6 Å². The van der Waals surface area contributed by atoms with E-state index in [9.17, 15) is 14.4 Å². The average Bonchev–Trinajstić information content (AvgIpc) is 3.59. The standard InChI is InChI=1S/C34H48N10O5Si/c1-8-44-26(16-21(2)42-44)32(47)41-33-40-25-18-23(30(37)46)20-39-31(25)43(33)13-10-9-12-38-28-24(35)17-22(29(36)45)19-27(28)48-14-11-15-49-50(6,7)34(3,4)5/h9-10,16-20,38H,8,11-15,35H2,1-7H3,(H2,36,45)(H2,37,46)(H,40,41,47). The van der Waals surface area contributed by atoms with Crippen molar-refractivity contribution in [3.8, 4) is 5.75 Å². The molecule has 0 fully saturated rings. The van der Waals surface area contributed by atoms with Crippen LogP contribution < -0.4 is 32.6 Å². The van der Waals surface area contributed by atoms with E-state index in [4.69, 9.17) is 26.4 Å². The van der Waals surface area contributed by atoms with Gasteiger partial charge in [-0.25, -0.2) is 9.97 Å². The van der Waals surface area contributed by atoms with Crippen molar-refractivity contribution < 1.29 is 23.5 Å². The third kappa shape index (κ3) is 8.86. The normalized spacial score (nSPS) is 12.1. The topological polar surface area (TPSA) is 220 Å². The van der Waals surface area contributed by atoms with Crippen molar-refractivity contribution in [2.24, 2.45) is 11.5 Å². The van der Waals surface area contributed by atoms with Crippen LogP contribution in [0.1, 0.15) is 71.0 Å². The number of carbonyl (C=O) groups is 3. The summed E-state index contributed by atoms with van der Waals surface area (Å²) in [6, 6.07) is 6.31. The van der Waals surface area contributed by atoms with Crippen LogP contribution in [0.4, 0.5) is 17.3 Å². The first-order valence-corrected chi connectivity index (χ1v) is 19.3. The number of rotatable bonds is 16. The number of imidazole rings is 1. The van der Waals surface area contributed by atoms with Crippen LogP contribution in [-0.4, -0.2) is 70.1 Å². The van der Waals surface area contributed by atoms with E-state index < -0.39 is 26.0 Å². The third-order valence-corrected chi connectivity index (χ3v) is 13.2. The molecule has 0 bridgehead atoms. The fourth-order valence-electron chi connectivity index (χ4n) is 4.84. The lowest BCUT2D eigenvalue weighted by molar-refractivity contribution is 0.0991. The first-order valence-electron chi connectivity index (χ1n) is 16.4. The van der Waals surface area contributed by atoms with Crippen molar-refractivity contribution >= 4 is 54.5 Å². The number of ether oxygens (including phenoxy) is 1. The number of allylic oxidation sites excluding steroid dienone is 1. The molecule has 0 saturated heterocycles. The van der Waals surface area contributed by atoms with Gasteiger partial charge in [0, 0.05) is 44.4 Å². The highest BCUT2D eigenvalue weighted by Crippen LogP contribution is 2.37. The smallest absolute Gasteiger partial charge is 0.276 e. The number of pyridine rings is 1. The minimum absolute atomic E-state index is 0.104. The van der Waals surface area contributed by atoms with Gasteiger partial charge in [-0.05, 0) is 56.2 Å². The summed E-state index contributed by atoms with van der Waals surface area (Å²) in [5.74, 6) is -1.01. The summed E-state index contributed by atoms with van der Waals surface area (Å²) in [6.07, 6.45) is 5.75. The largest absolute Gasteiger partial charge is 0.491 e. The van der Waals surface area contributed by atoms with Gasteiger partial charge in [-0.2, -0.15) is 5.10 Å². The third-order valence-electron chi connectivity index (χ3n) is 8.61. The van der Waals surface area contributed by atoms with Gasteiger partial charge in [0.05, 0.1) is 23.6 Å². The molecule has 3 aromatic heterocycles. The minimum atomic E-state index is -1.89. The molecule has 0 radical (unpaired) electrons. The van der Waals surface area contributed by atoms with Gasteiger partial charge >= 0.3 is 0 Å². The highest BCUT2D eigenvalue weighted by molar-refractivity contribution is 6.74. The number of nitrogens with two attached hydrogens (primary N) is 3. The Morgan fingerprint density at radius 1 is 1.02 bits per heavy atom. The van der Waals surface area contributed by atoms with Gasteiger partial charge in [-0.1, -0.05) is 32.9 Å². The number of anilines is 3. The molecule has 16 heteroatoms. The number of aromatic nitrogens is 5. The highest BCUT2D eigenvalue weighted by atomic mass is 28.4. The van der Waals surface area contributed by atoms with E-state index in [-0.39, 0.29) is 28.7 Å².